The molecule has 37 heavy (non-hydrogen) atoms. The molecule has 0 radical (unpaired) electrons. The van der Waals surface area contributed by atoms with Gasteiger partial charge in [-0.2, -0.15) is 0 Å². The van der Waals surface area contributed by atoms with Crippen molar-refractivity contribution in [2.75, 3.05) is 11.1 Å². The number of anilines is 2. The summed E-state index contributed by atoms with van der Waals surface area (Å²) in [4.78, 5) is 25.1. The van der Waals surface area contributed by atoms with Crippen LogP contribution < -0.4 is 21.1 Å². The fourth-order valence-corrected chi connectivity index (χ4v) is 4.06. The minimum atomic E-state index is -0.934. The number of nitrogens with one attached hydrogen (secondary N) is 2. The normalized spacial score (nSPS) is 17.6. The number of rotatable bonds is 6. The number of alkyl carbamates (subject to hydrolysis) is 1. The van der Waals surface area contributed by atoms with Gasteiger partial charge >= 0.3 is 6.09 Å². The van der Waals surface area contributed by atoms with Crippen LogP contribution in [-0.4, -0.2) is 38.7 Å². The SMILES string of the molecule is CC(C)(C)OC(=O)N[C@H]1CC[C@H](Nc2nccc(-c3cccnc3Oc3c(F)cc(N)cc3F)n2)CC1. The number of benzene rings is 1. The highest BCUT2D eigenvalue weighted by molar-refractivity contribution is 5.68. The van der Waals surface area contributed by atoms with Crippen molar-refractivity contribution in [2.24, 2.45) is 0 Å². The Kier molecular flexibility index (Phi) is 7.70. The van der Waals surface area contributed by atoms with Gasteiger partial charge in [0, 0.05) is 42.3 Å². The predicted molar refractivity (Wildman–Crippen MR) is 135 cm³/mol. The van der Waals surface area contributed by atoms with Crippen molar-refractivity contribution in [1.82, 2.24) is 20.3 Å². The molecule has 2 heterocycles. The first kappa shape index (κ1) is 26.1. The van der Waals surface area contributed by atoms with Gasteiger partial charge in [0.2, 0.25) is 17.6 Å². The Morgan fingerprint density at radius 2 is 1.70 bits per heavy atom. The minimum absolute atomic E-state index is 0.0107. The van der Waals surface area contributed by atoms with Gasteiger partial charge in [-0.15, -0.1) is 0 Å². The first-order valence-corrected chi connectivity index (χ1v) is 12.0. The number of carbonyl (C=O) groups excluding carboxylic acids is 1. The van der Waals surface area contributed by atoms with E-state index in [2.05, 4.69) is 25.6 Å². The predicted octanol–water partition coefficient (Wildman–Crippen LogP) is 5.44. The average molecular weight is 513 g/mol. The summed E-state index contributed by atoms with van der Waals surface area (Å²) in [5, 5.41) is 6.26. The summed E-state index contributed by atoms with van der Waals surface area (Å²) < 4.78 is 39.4. The number of halogens is 2. The number of pyridine rings is 1. The fourth-order valence-electron chi connectivity index (χ4n) is 4.06. The van der Waals surface area contributed by atoms with Gasteiger partial charge in [0.15, 0.2) is 11.6 Å². The first-order chi connectivity index (χ1) is 17.6. The molecular formula is C26H30F2N6O3. The molecule has 0 unspecified atom stereocenters. The molecule has 196 valence electrons. The molecule has 1 saturated carbocycles. The smallest absolute Gasteiger partial charge is 0.407 e. The van der Waals surface area contributed by atoms with Gasteiger partial charge in [0.25, 0.3) is 0 Å². The van der Waals surface area contributed by atoms with E-state index in [4.69, 9.17) is 15.2 Å². The number of aromatic nitrogens is 3. The molecule has 1 aliphatic carbocycles. The van der Waals surface area contributed by atoms with Crippen LogP contribution in [0.25, 0.3) is 11.3 Å². The molecule has 0 bridgehead atoms. The zero-order chi connectivity index (χ0) is 26.6. The van der Waals surface area contributed by atoms with E-state index in [1.807, 2.05) is 20.8 Å². The third kappa shape index (κ3) is 7.02. The van der Waals surface area contributed by atoms with Crippen molar-refractivity contribution in [1.29, 1.82) is 0 Å². The monoisotopic (exact) mass is 512 g/mol. The number of nitrogens with zero attached hydrogens (tertiary/aromatic N) is 3. The molecule has 1 amide bonds. The lowest BCUT2D eigenvalue weighted by atomic mass is 9.91. The van der Waals surface area contributed by atoms with E-state index in [1.165, 1.54) is 6.20 Å². The Hall–Kier alpha value is -4.02. The van der Waals surface area contributed by atoms with Crippen LogP contribution in [0.4, 0.5) is 25.2 Å². The quantitative estimate of drug-likeness (QED) is 0.373. The van der Waals surface area contributed by atoms with Crippen LogP contribution in [0.1, 0.15) is 46.5 Å². The summed E-state index contributed by atoms with van der Waals surface area (Å²) in [5.41, 5.74) is 5.80. The Balaban J connectivity index is 1.42. The van der Waals surface area contributed by atoms with Crippen molar-refractivity contribution in [2.45, 2.75) is 64.1 Å². The number of nitrogens with two attached hydrogens (primary N) is 1. The van der Waals surface area contributed by atoms with Crippen molar-refractivity contribution in [3.8, 4) is 22.9 Å². The second-order valence-electron chi connectivity index (χ2n) is 9.88. The zero-order valence-electron chi connectivity index (χ0n) is 20.9. The Morgan fingerprint density at radius 3 is 2.38 bits per heavy atom. The van der Waals surface area contributed by atoms with Gasteiger partial charge in [-0.3, -0.25) is 0 Å². The van der Waals surface area contributed by atoms with Crippen molar-refractivity contribution < 1.29 is 23.0 Å². The van der Waals surface area contributed by atoms with E-state index in [-0.39, 0.29) is 23.7 Å². The molecule has 0 atom stereocenters. The van der Waals surface area contributed by atoms with Gasteiger partial charge in [0.05, 0.1) is 11.3 Å². The summed E-state index contributed by atoms with van der Waals surface area (Å²) in [6.07, 6.45) is 5.83. The third-order valence-electron chi connectivity index (χ3n) is 5.70. The van der Waals surface area contributed by atoms with Gasteiger partial charge in [-0.05, 0) is 64.7 Å². The van der Waals surface area contributed by atoms with Gasteiger partial charge in [0.1, 0.15) is 5.60 Å². The maximum Gasteiger partial charge on any atom is 0.407 e. The molecule has 4 rings (SSSR count). The standard InChI is InChI=1S/C26H30F2N6O3/c1-26(2,3)37-25(35)33-17-8-6-16(7-9-17)32-24-31-12-10-21(34-24)18-5-4-11-30-23(18)36-22-19(27)13-15(29)14-20(22)28/h4-5,10-14,16-17H,6-9,29H2,1-3H3,(H,33,35)(H,31,32,34)/t16-,17-. The van der Waals surface area contributed by atoms with Crippen LogP contribution in [0.3, 0.4) is 0 Å². The Labute approximate surface area is 213 Å². The van der Waals surface area contributed by atoms with Crippen LogP contribution in [0.2, 0.25) is 0 Å². The number of ether oxygens (including phenoxy) is 2. The van der Waals surface area contributed by atoms with E-state index < -0.39 is 29.1 Å². The Morgan fingerprint density at radius 1 is 1.03 bits per heavy atom. The largest absolute Gasteiger partial charge is 0.444 e. The molecular weight excluding hydrogens is 482 g/mol. The van der Waals surface area contributed by atoms with Gasteiger partial charge < -0.3 is 25.8 Å². The highest BCUT2D eigenvalue weighted by Gasteiger charge is 2.25. The van der Waals surface area contributed by atoms with Crippen LogP contribution in [-0.2, 0) is 4.74 Å². The van der Waals surface area contributed by atoms with Crippen LogP contribution in [0.5, 0.6) is 11.6 Å². The molecule has 11 heteroatoms. The minimum Gasteiger partial charge on any atom is -0.444 e. The number of carbonyl (C=O) groups is 1. The number of amides is 1. The number of hydrogen-bond acceptors (Lipinski definition) is 8. The summed E-state index contributed by atoms with van der Waals surface area (Å²) in [6, 6.07) is 7.14. The molecule has 4 N–H and O–H groups in total. The molecule has 0 spiro atoms. The van der Waals surface area contributed by atoms with E-state index in [0.717, 1.165) is 37.8 Å². The lowest BCUT2D eigenvalue weighted by Gasteiger charge is -2.30. The summed E-state index contributed by atoms with van der Waals surface area (Å²) in [5.74, 6) is -2.07. The maximum absolute atomic E-state index is 14.3. The molecule has 0 saturated heterocycles. The van der Waals surface area contributed by atoms with E-state index in [1.54, 1.807) is 24.4 Å². The maximum atomic E-state index is 14.3. The third-order valence-corrected chi connectivity index (χ3v) is 5.70. The van der Waals surface area contributed by atoms with Crippen LogP contribution >= 0.6 is 0 Å². The lowest BCUT2D eigenvalue weighted by Crippen LogP contribution is -2.42. The molecule has 1 aliphatic rings. The first-order valence-electron chi connectivity index (χ1n) is 12.0. The molecule has 1 aromatic carbocycles. The van der Waals surface area contributed by atoms with Crippen molar-refractivity contribution in [3.63, 3.8) is 0 Å². The van der Waals surface area contributed by atoms with Crippen LogP contribution in [0.15, 0.2) is 42.7 Å². The van der Waals surface area contributed by atoms with Crippen molar-refractivity contribution >= 4 is 17.7 Å². The second-order valence-corrected chi connectivity index (χ2v) is 9.88. The van der Waals surface area contributed by atoms with Gasteiger partial charge in [-0.25, -0.2) is 28.5 Å². The lowest BCUT2D eigenvalue weighted by molar-refractivity contribution is 0.0492. The van der Waals surface area contributed by atoms with E-state index in [0.29, 0.717) is 17.2 Å². The summed E-state index contributed by atoms with van der Waals surface area (Å²) >= 11 is 0. The van der Waals surface area contributed by atoms with Gasteiger partial charge in [-0.1, -0.05) is 0 Å². The molecule has 1 fully saturated rings. The fraction of sp³-hybridized carbons (Fsp3) is 0.385. The number of nitrogen functional groups attached to an aromatic ring is 1. The highest BCUT2D eigenvalue weighted by atomic mass is 19.1. The molecule has 2 aromatic heterocycles. The molecule has 0 aliphatic heterocycles. The van der Waals surface area contributed by atoms with E-state index in [9.17, 15) is 13.6 Å². The zero-order valence-corrected chi connectivity index (χ0v) is 20.9. The van der Waals surface area contributed by atoms with Crippen LogP contribution in [0, 0.1) is 11.6 Å². The van der Waals surface area contributed by atoms with Crippen molar-refractivity contribution in [3.05, 3.63) is 54.4 Å². The molecule has 9 nitrogen and oxygen atoms in total. The molecule has 3 aromatic rings. The second kappa shape index (κ2) is 10.9. The average Bonchev–Trinajstić information content (AvgIpc) is 2.82. The summed E-state index contributed by atoms with van der Waals surface area (Å²) in [6.45, 7) is 5.49. The van der Waals surface area contributed by atoms with E-state index >= 15 is 0 Å². The highest BCUT2D eigenvalue weighted by Crippen LogP contribution is 2.34. The summed E-state index contributed by atoms with van der Waals surface area (Å²) in [7, 11) is 0. The number of hydrogen-bond donors (Lipinski definition) is 3. The Bertz CT molecular complexity index is 1240. The topological polar surface area (TPSA) is 124 Å².